The largest absolute Gasteiger partial charge is 0.342 e. The highest BCUT2D eigenvalue weighted by molar-refractivity contribution is 5.85. The Morgan fingerprint density at radius 3 is 2.61 bits per heavy atom. The molecule has 0 aromatic carbocycles. The van der Waals surface area contributed by atoms with Crippen molar-refractivity contribution in [1.29, 1.82) is 0 Å². The molecular weight excluding hydrogens is 248 g/mol. The van der Waals surface area contributed by atoms with Crippen LogP contribution in [0.2, 0.25) is 0 Å². The second-order valence-corrected chi connectivity index (χ2v) is 6.02. The molecule has 1 N–H and O–H groups in total. The van der Waals surface area contributed by atoms with Crippen LogP contribution in [0.4, 0.5) is 0 Å². The lowest BCUT2D eigenvalue weighted by atomic mass is 9.86. The highest BCUT2D eigenvalue weighted by Crippen LogP contribution is 2.29. The average molecular weight is 273 g/mol. The number of carbonyl (C=O) groups excluding carboxylic acids is 1. The average Bonchev–Trinajstić information content (AvgIpc) is 2.86. The predicted octanol–water partition coefficient (Wildman–Crippen LogP) is 2.20. The van der Waals surface area contributed by atoms with E-state index in [1.807, 2.05) is 0 Å². The minimum absolute atomic E-state index is 0. The highest BCUT2D eigenvalue weighted by atomic mass is 35.5. The standard InChI is InChI=1S/C14H24N2O.ClH/c17-14(11-4-2-1-3-5-11)16-9-7-13-12(10-16)6-8-15-13;/h11-13,15H,1-10H2;1H. The number of rotatable bonds is 1. The van der Waals surface area contributed by atoms with Crippen LogP contribution in [0.5, 0.6) is 0 Å². The Morgan fingerprint density at radius 2 is 1.83 bits per heavy atom. The zero-order valence-corrected chi connectivity index (χ0v) is 11.9. The molecule has 1 saturated carbocycles. The van der Waals surface area contributed by atoms with Gasteiger partial charge >= 0.3 is 0 Å². The van der Waals surface area contributed by atoms with Crippen molar-refractivity contribution in [3.63, 3.8) is 0 Å². The van der Waals surface area contributed by atoms with Crippen LogP contribution in [-0.4, -0.2) is 36.5 Å². The predicted molar refractivity (Wildman–Crippen MR) is 74.9 cm³/mol. The van der Waals surface area contributed by atoms with Gasteiger partial charge in [-0.05, 0) is 38.1 Å². The molecule has 0 bridgehead atoms. The topological polar surface area (TPSA) is 32.3 Å². The van der Waals surface area contributed by atoms with Gasteiger partial charge in [0, 0.05) is 25.0 Å². The molecule has 2 saturated heterocycles. The first kappa shape index (κ1) is 14.1. The van der Waals surface area contributed by atoms with Crippen LogP contribution in [-0.2, 0) is 4.79 Å². The van der Waals surface area contributed by atoms with Crippen molar-refractivity contribution in [2.24, 2.45) is 11.8 Å². The molecule has 4 heteroatoms. The zero-order valence-electron chi connectivity index (χ0n) is 11.1. The molecule has 104 valence electrons. The summed E-state index contributed by atoms with van der Waals surface area (Å²) in [6.45, 7) is 3.16. The van der Waals surface area contributed by atoms with Crippen molar-refractivity contribution in [2.45, 2.75) is 51.0 Å². The summed E-state index contributed by atoms with van der Waals surface area (Å²) in [5, 5.41) is 3.56. The number of carbonyl (C=O) groups is 1. The lowest BCUT2D eigenvalue weighted by Crippen LogP contribution is -2.48. The van der Waals surface area contributed by atoms with Crippen molar-refractivity contribution in [1.82, 2.24) is 10.2 Å². The summed E-state index contributed by atoms with van der Waals surface area (Å²) in [7, 11) is 0. The molecule has 0 radical (unpaired) electrons. The lowest BCUT2D eigenvalue weighted by Gasteiger charge is -2.37. The maximum atomic E-state index is 12.4. The van der Waals surface area contributed by atoms with E-state index in [1.54, 1.807) is 0 Å². The summed E-state index contributed by atoms with van der Waals surface area (Å²) in [4.78, 5) is 14.6. The first-order valence-corrected chi connectivity index (χ1v) is 7.37. The van der Waals surface area contributed by atoms with E-state index >= 15 is 0 Å². The fraction of sp³-hybridized carbons (Fsp3) is 0.929. The number of nitrogens with zero attached hydrogens (tertiary/aromatic N) is 1. The van der Waals surface area contributed by atoms with Crippen molar-refractivity contribution < 1.29 is 4.79 Å². The van der Waals surface area contributed by atoms with Crippen LogP contribution in [0.1, 0.15) is 44.9 Å². The molecule has 0 aromatic rings. The second kappa shape index (κ2) is 6.25. The molecule has 2 unspecified atom stereocenters. The van der Waals surface area contributed by atoms with E-state index in [0.29, 0.717) is 17.9 Å². The monoisotopic (exact) mass is 272 g/mol. The van der Waals surface area contributed by atoms with Crippen molar-refractivity contribution in [3.05, 3.63) is 0 Å². The minimum Gasteiger partial charge on any atom is -0.342 e. The van der Waals surface area contributed by atoms with Crippen molar-refractivity contribution >= 4 is 18.3 Å². The van der Waals surface area contributed by atoms with Gasteiger partial charge in [0.05, 0.1) is 0 Å². The molecule has 3 rings (SSSR count). The fourth-order valence-corrected chi connectivity index (χ4v) is 3.86. The Balaban J connectivity index is 0.00000120. The molecule has 1 amide bonds. The van der Waals surface area contributed by atoms with Crippen LogP contribution in [0.25, 0.3) is 0 Å². The zero-order chi connectivity index (χ0) is 11.7. The van der Waals surface area contributed by atoms with E-state index in [9.17, 15) is 4.79 Å². The van der Waals surface area contributed by atoms with Gasteiger partial charge in [0.1, 0.15) is 0 Å². The molecular formula is C14H25ClN2O. The summed E-state index contributed by atoms with van der Waals surface area (Å²) in [5.41, 5.74) is 0. The number of fused-ring (bicyclic) bond motifs is 1. The van der Waals surface area contributed by atoms with E-state index < -0.39 is 0 Å². The summed E-state index contributed by atoms with van der Waals surface area (Å²) < 4.78 is 0. The molecule has 3 fully saturated rings. The van der Waals surface area contributed by atoms with E-state index in [1.165, 1.54) is 32.1 Å². The number of amides is 1. The smallest absolute Gasteiger partial charge is 0.225 e. The summed E-state index contributed by atoms with van der Waals surface area (Å²) in [6, 6.07) is 0.699. The number of nitrogens with one attached hydrogen (secondary N) is 1. The molecule has 0 aromatic heterocycles. The molecule has 0 spiro atoms. The maximum Gasteiger partial charge on any atom is 0.225 e. The van der Waals surface area contributed by atoms with Gasteiger partial charge in [-0.1, -0.05) is 19.3 Å². The lowest BCUT2D eigenvalue weighted by molar-refractivity contribution is -0.138. The first-order valence-electron chi connectivity index (χ1n) is 7.37. The molecule has 2 aliphatic heterocycles. The van der Waals surface area contributed by atoms with Crippen molar-refractivity contribution in [3.8, 4) is 0 Å². The van der Waals surface area contributed by atoms with Crippen LogP contribution in [0.3, 0.4) is 0 Å². The molecule has 1 aliphatic carbocycles. The van der Waals surface area contributed by atoms with E-state index in [-0.39, 0.29) is 12.4 Å². The van der Waals surface area contributed by atoms with Gasteiger partial charge in [-0.3, -0.25) is 4.79 Å². The Hall–Kier alpha value is -0.280. The third-order valence-corrected chi connectivity index (χ3v) is 4.92. The summed E-state index contributed by atoms with van der Waals surface area (Å²) >= 11 is 0. The van der Waals surface area contributed by atoms with Gasteiger partial charge < -0.3 is 10.2 Å². The van der Waals surface area contributed by atoms with E-state index in [2.05, 4.69) is 10.2 Å². The highest BCUT2D eigenvalue weighted by Gasteiger charge is 2.36. The van der Waals surface area contributed by atoms with Crippen LogP contribution in [0.15, 0.2) is 0 Å². The van der Waals surface area contributed by atoms with Crippen molar-refractivity contribution in [2.75, 3.05) is 19.6 Å². The quantitative estimate of drug-likeness (QED) is 0.794. The molecule has 18 heavy (non-hydrogen) atoms. The molecule has 2 heterocycles. The molecule has 3 aliphatic rings. The number of likely N-dealkylation sites (tertiary alicyclic amines) is 1. The Kier molecular flexibility index (Phi) is 4.91. The van der Waals surface area contributed by atoms with Gasteiger partial charge in [0.2, 0.25) is 5.91 Å². The van der Waals surface area contributed by atoms with Crippen LogP contribution in [0, 0.1) is 11.8 Å². The second-order valence-electron chi connectivity index (χ2n) is 6.02. The molecule has 2 atom stereocenters. The SMILES string of the molecule is Cl.O=C(C1CCCCC1)N1CCC2NCCC2C1. The van der Waals surface area contributed by atoms with E-state index in [4.69, 9.17) is 0 Å². The van der Waals surface area contributed by atoms with Gasteiger partial charge in [-0.15, -0.1) is 12.4 Å². The van der Waals surface area contributed by atoms with Gasteiger partial charge in [-0.2, -0.15) is 0 Å². The Labute approximate surface area is 116 Å². The van der Waals surface area contributed by atoms with Gasteiger partial charge in [0.15, 0.2) is 0 Å². The number of piperidine rings is 1. The number of hydrogen-bond acceptors (Lipinski definition) is 2. The van der Waals surface area contributed by atoms with Crippen LogP contribution < -0.4 is 5.32 Å². The molecule has 3 nitrogen and oxygen atoms in total. The Bertz CT molecular complexity index is 292. The maximum absolute atomic E-state index is 12.4. The third-order valence-electron chi connectivity index (χ3n) is 4.92. The first-order chi connectivity index (χ1) is 8.34. The van der Waals surface area contributed by atoms with Gasteiger partial charge in [0.25, 0.3) is 0 Å². The number of halogens is 1. The Morgan fingerprint density at radius 1 is 1.06 bits per heavy atom. The normalized spacial score (nSPS) is 32.8. The number of hydrogen-bond donors (Lipinski definition) is 1. The minimum atomic E-state index is 0. The van der Waals surface area contributed by atoms with Crippen LogP contribution >= 0.6 is 12.4 Å². The third kappa shape index (κ3) is 2.83. The summed E-state index contributed by atoms with van der Waals surface area (Å²) in [6.07, 6.45) is 8.57. The summed E-state index contributed by atoms with van der Waals surface area (Å²) in [5.74, 6) is 1.56. The van der Waals surface area contributed by atoms with E-state index in [0.717, 1.165) is 38.4 Å². The fourth-order valence-electron chi connectivity index (χ4n) is 3.86. The van der Waals surface area contributed by atoms with Gasteiger partial charge in [-0.25, -0.2) is 0 Å².